The van der Waals surface area contributed by atoms with Crippen LogP contribution in [0.2, 0.25) is 0 Å². The Balaban J connectivity index is 1.93. The summed E-state index contributed by atoms with van der Waals surface area (Å²) in [5.74, 6) is 0.520. The van der Waals surface area contributed by atoms with Crippen LogP contribution < -0.4 is 10.5 Å². The maximum Gasteiger partial charge on any atom is 0.327 e. The molecule has 0 spiro atoms. The first-order chi connectivity index (χ1) is 9.83. The summed E-state index contributed by atoms with van der Waals surface area (Å²) < 4.78 is 8.13. The van der Waals surface area contributed by atoms with Crippen molar-refractivity contribution in [2.24, 2.45) is 0 Å². The van der Waals surface area contributed by atoms with Crippen LogP contribution in [0.1, 0.15) is 0 Å². The molecule has 8 heteroatoms. The summed E-state index contributed by atoms with van der Waals surface area (Å²) >= 11 is 1.53. The van der Waals surface area contributed by atoms with Crippen molar-refractivity contribution in [3.8, 4) is 11.8 Å². The third-order valence-electron chi connectivity index (χ3n) is 2.83. The number of nitrogens with zero attached hydrogens (tertiary/aromatic N) is 5. The van der Waals surface area contributed by atoms with Crippen molar-refractivity contribution in [1.29, 1.82) is 0 Å². The van der Waals surface area contributed by atoms with Crippen molar-refractivity contribution in [3.05, 3.63) is 35.7 Å². The predicted octanol–water partition coefficient (Wildman–Crippen LogP) is 2.11. The molecule has 0 aliphatic rings. The first-order valence-electron chi connectivity index (χ1n) is 5.80. The van der Waals surface area contributed by atoms with Gasteiger partial charge in [-0.1, -0.05) is 12.1 Å². The van der Waals surface area contributed by atoms with Gasteiger partial charge < -0.3 is 10.5 Å². The van der Waals surface area contributed by atoms with Crippen molar-refractivity contribution >= 4 is 32.9 Å². The molecule has 0 bridgehead atoms. The lowest BCUT2D eigenvalue weighted by Crippen LogP contribution is -2.00. The van der Waals surface area contributed by atoms with Crippen molar-refractivity contribution < 1.29 is 4.74 Å². The summed E-state index contributed by atoms with van der Waals surface area (Å²) in [7, 11) is 0. The predicted molar refractivity (Wildman–Crippen MR) is 74.9 cm³/mol. The van der Waals surface area contributed by atoms with Gasteiger partial charge in [-0.15, -0.1) is 21.0 Å². The number of ether oxygens (including phenoxy) is 1. The zero-order chi connectivity index (χ0) is 13.5. The lowest BCUT2D eigenvalue weighted by molar-refractivity contribution is 0.428. The summed E-state index contributed by atoms with van der Waals surface area (Å²) in [6, 6.07) is 9.39. The SMILES string of the molecule is Nc1ccccc1Oc1nc2ccsc2c2nnnn12. The Kier molecular flexibility index (Phi) is 2.30. The number of rotatable bonds is 2. The molecule has 0 amide bonds. The Morgan fingerprint density at radius 1 is 1.20 bits per heavy atom. The molecule has 0 atom stereocenters. The number of nitrogens with two attached hydrogens (primary N) is 1. The summed E-state index contributed by atoms with van der Waals surface area (Å²) in [5.41, 5.74) is 7.81. The van der Waals surface area contributed by atoms with E-state index in [4.69, 9.17) is 10.5 Å². The molecular formula is C12H8N6OS. The van der Waals surface area contributed by atoms with E-state index >= 15 is 0 Å². The Bertz CT molecular complexity index is 915. The highest BCUT2D eigenvalue weighted by Crippen LogP contribution is 2.29. The van der Waals surface area contributed by atoms with Crippen molar-refractivity contribution in [2.45, 2.75) is 0 Å². The van der Waals surface area contributed by atoms with Gasteiger partial charge in [-0.2, -0.15) is 4.98 Å². The van der Waals surface area contributed by atoms with Crippen molar-refractivity contribution in [3.63, 3.8) is 0 Å². The molecule has 0 unspecified atom stereocenters. The molecule has 0 saturated heterocycles. The van der Waals surface area contributed by atoms with E-state index in [0.717, 1.165) is 10.2 Å². The minimum atomic E-state index is 0.286. The smallest absolute Gasteiger partial charge is 0.327 e. The zero-order valence-electron chi connectivity index (χ0n) is 10.1. The molecule has 0 aliphatic heterocycles. The van der Waals surface area contributed by atoms with Gasteiger partial charge in [0.1, 0.15) is 0 Å². The van der Waals surface area contributed by atoms with E-state index in [-0.39, 0.29) is 6.01 Å². The second kappa shape index (κ2) is 4.14. The highest BCUT2D eigenvalue weighted by Gasteiger charge is 2.14. The lowest BCUT2D eigenvalue weighted by Gasteiger charge is -2.07. The fraction of sp³-hybridized carbons (Fsp3) is 0. The molecule has 3 aromatic heterocycles. The average molecular weight is 284 g/mol. The lowest BCUT2D eigenvalue weighted by atomic mass is 10.3. The first-order valence-corrected chi connectivity index (χ1v) is 6.68. The van der Waals surface area contributed by atoms with Crippen LogP contribution in [-0.4, -0.2) is 25.0 Å². The monoisotopic (exact) mass is 284 g/mol. The van der Waals surface area contributed by atoms with Gasteiger partial charge in [0.15, 0.2) is 5.75 Å². The van der Waals surface area contributed by atoms with Gasteiger partial charge in [-0.3, -0.25) is 0 Å². The van der Waals surface area contributed by atoms with E-state index in [2.05, 4.69) is 20.5 Å². The van der Waals surface area contributed by atoms with E-state index in [1.807, 2.05) is 23.6 Å². The van der Waals surface area contributed by atoms with Crippen LogP contribution in [0.4, 0.5) is 5.69 Å². The number of nitrogen functional groups attached to an aromatic ring is 1. The van der Waals surface area contributed by atoms with Gasteiger partial charge in [0.2, 0.25) is 5.65 Å². The number of tetrazole rings is 1. The molecule has 4 aromatic rings. The summed E-state index contributed by atoms with van der Waals surface area (Å²) in [6.07, 6.45) is 0. The maximum absolute atomic E-state index is 5.87. The van der Waals surface area contributed by atoms with Gasteiger partial charge in [0, 0.05) is 0 Å². The van der Waals surface area contributed by atoms with E-state index < -0.39 is 0 Å². The van der Waals surface area contributed by atoms with E-state index in [9.17, 15) is 0 Å². The molecule has 0 fully saturated rings. The van der Waals surface area contributed by atoms with Gasteiger partial charge in [0.25, 0.3) is 0 Å². The van der Waals surface area contributed by atoms with Crippen molar-refractivity contribution in [2.75, 3.05) is 5.73 Å². The number of fused-ring (bicyclic) bond motifs is 3. The molecule has 98 valence electrons. The zero-order valence-corrected chi connectivity index (χ0v) is 10.9. The Hall–Kier alpha value is -2.74. The molecule has 0 radical (unpaired) electrons. The van der Waals surface area contributed by atoms with Crippen LogP contribution >= 0.6 is 11.3 Å². The van der Waals surface area contributed by atoms with E-state index in [1.54, 1.807) is 12.1 Å². The molecule has 0 saturated carbocycles. The minimum absolute atomic E-state index is 0.286. The fourth-order valence-corrected chi connectivity index (χ4v) is 2.70. The standard InChI is InChI=1S/C12H8N6OS/c13-7-3-1-2-4-9(7)19-12-14-8-5-6-20-10(8)11-15-16-17-18(11)12/h1-6H,13H2. The number of hydrogen-bond acceptors (Lipinski definition) is 7. The quantitative estimate of drug-likeness (QED) is 0.567. The van der Waals surface area contributed by atoms with Gasteiger partial charge >= 0.3 is 6.01 Å². The van der Waals surface area contributed by atoms with Crippen molar-refractivity contribution in [1.82, 2.24) is 25.0 Å². The number of anilines is 1. The number of thiophene rings is 1. The van der Waals surface area contributed by atoms with Crippen LogP contribution in [-0.2, 0) is 0 Å². The molecule has 3 heterocycles. The van der Waals surface area contributed by atoms with Crippen LogP contribution in [0.3, 0.4) is 0 Å². The average Bonchev–Trinajstić information content (AvgIpc) is 3.08. The Morgan fingerprint density at radius 3 is 3.00 bits per heavy atom. The van der Waals surface area contributed by atoms with E-state index in [0.29, 0.717) is 17.1 Å². The van der Waals surface area contributed by atoms with Crippen LogP contribution in [0.25, 0.3) is 15.9 Å². The van der Waals surface area contributed by atoms with Crippen LogP contribution in [0.5, 0.6) is 11.8 Å². The van der Waals surface area contributed by atoms with E-state index in [1.165, 1.54) is 15.9 Å². The highest BCUT2D eigenvalue weighted by atomic mass is 32.1. The maximum atomic E-state index is 5.87. The van der Waals surface area contributed by atoms with Crippen LogP contribution in [0, 0.1) is 0 Å². The number of para-hydroxylation sites is 2. The first kappa shape index (κ1) is 11.1. The molecule has 1 aromatic carbocycles. The molecule has 20 heavy (non-hydrogen) atoms. The topological polar surface area (TPSA) is 91.2 Å². The summed E-state index contributed by atoms with van der Waals surface area (Å²) in [4.78, 5) is 4.43. The second-order valence-electron chi connectivity index (χ2n) is 4.08. The highest BCUT2D eigenvalue weighted by molar-refractivity contribution is 7.17. The molecular weight excluding hydrogens is 276 g/mol. The largest absolute Gasteiger partial charge is 0.422 e. The number of aromatic nitrogens is 5. The molecule has 0 aliphatic carbocycles. The summed E-state index contributed by atoms with van der Waals surface area (Å²) in [6.45, 7) is 0. The fourth-order valence-electron chi connectivity index (χ4n) is 1.90. The van der Waals surface area contributed by atoms with Gasteiger partial charge in [-0.05, 0) is 34.0 Å². The van der Waals surface area contributed by atoms with Gasteiger partial charge in [-0.25, -0.2) is 0 Å². The number of hydrogen-bond donors (Lipinski definition) is 1. The normalized spacial score (nSPS) is 11.2. The Labute approximate surface area is 116 Å². The third kappa shape index (κ3) is 1.58. The molecule has 2 N–H and O–H groups in total. The Morgan fingerprint density at radius 2 is 2.10 bits per heavy atom. The number of benzene rings is 1. The molecule has 7 nitrogen and oxygen atoms in total. The summed E-state index contributed by atoms with van der Waals surface area (Å²) in [5, 5.41) is 13.5. The minimum Gasteiger partial charge on any atom is -0.422 e. The molecule has 4 rings (SSSR count). The van der Waals surface area contributed by atoms with Gasteiger partial charge in [0.05, 0.1) is 15.9 Å². The third-order valence-corrected chi connectivity index (χ3v) is 3.73. The van der Waals surface area contributed by atoms with Crippen LogP contribution in [0.15, 0.2) is 35.7 Å². The second-order valence-corrected chi connectivity index (χ2v) is 5.00.